The predicted molar refractivity (Wildman–Crippen MR) is 54.6 cm³/mol. The number of unbranched alkanes of at least 4 members (excludes halogenated alkanes) is 1. The molecule has 0 aliphatic rings. The maximum atomic E-state index is 5.57. The minimum Gasteiger partial charge on any atom is -0.384 e. The summed E-state index contributed by atoms with van der Waals surface area (Å²) in [6, 6.07) is 1.75. The number of nitrogens with one attached hydrogen (secondary N) is 1. The van der Waals surface area contributed by atoms with Crippen LogP contribution in [0, 0.1) is 6.92 Å². The van der Waals surface area contributed by atoms with E-state index in [9.17, 15) is 0 Å². The van der Waals surface area contributed by atoms with E-state index in [4.69, 9.17) is 5.73 Å². The molecule has 0 saturated carbocycles. The van der Waals surface area contributed by atoms with Crippen LogP contribution in [0.3, 0.4) is 0 Å². The molecule has 0 aliphatic heterocycles. The molecule has 0 saturated heterocycles. The van der Waals surface area contributed by atoms with Crippen molar-refractivity contribution in [1.29, 1.82) is 0 Å². The quantitative estimate of drug-likeness (QED) is 0.690. The van der Waals surface area contributed by atoms with Crippen molar-refractivity contribution in [2.24, 2.45) is 0 Å². The second-order valence-electron chi connectivity index (χ2n) is 3.01. The third kappa shape index (κ3) is 3.27. The molecule has 4 nitrogen and oxygen atoms in total. The van der Waals surface area contributed by atoms with E-state index in [1.165, 1.54) is 6.42 Å². The molecule has 1 heterocycles. The van der Waals surface area contributed by atoms with Crippen molar-refractivity contribution in [3.05, 3.63) is 11.9 Å². The lowest BCUT2D eigenvalue weighted by atomic mass is 10.3. The van der Waals surface area contributed by atoms with Gasteiger partial charge in [-0.2, -0.15) is 0 Å². The monoisotopic (exact) mass is 180 g/mol. The van der Waals surface area contributed by atoms with E-state index in [0.717, 1.165) is 18.8 Å². The number of hydrogen-bond acceptors (Lipinski definition) is 4. The van der Waals surface area contributed by atoms with E-state index in [2.05, 4.69) is 22.2 Å². The zero-order chi connectivity index (χ0) is 9.68. The Morgan fingerprint density at radius 3 is 2.85 bits per heavy atom. The third-order valence-electron chi connectivity index (χ3n) is 1.69. The Labute approximate surface area is 78.6 Å². The lowest BCUT2D eigenvalue weighted by molar-refractivity contribution is 0.829. The van der Waals surface area contributed by atoms with Gasteiger partial charge in [0.2, 0.25) is 0 Å². The predicted octanol–water partition coefficient (Wildman–Crippen LogP) is 1.58. The largest absolute Gasteiger partial charge is 0.384 e. The van der Waals surface area contributed by atoms with E-state index in [1.807, 2.05) is 6.92 Å². The van der Waals surface area contributed by atoms with Crippen molar-refractivity contribution < 1.29 is 0 Å². The fourth-order valence-electron chi connectivity index (χ4n) is 1.07. The summed E-state index contributed by atoms with van der Waals surface area (Å²) in [7, 11) is 0. The second kappa shape index (κ2) is 4.64. The van der Waals surface area contributed by atoms with Gasteiger partial charge in [-0.05, 0) is 13.3 Å². The van der Waals surface area contributed by atoms with E-state index < -0.39 is 0 Å². The molecule has 0 spiro atoms. The van der Waals surface area contributed by atoms with Crippen LogP contribution in [0.15, 0.2) is 6.07 Å². The van der Waals surface area contributed by atoms with Gasteiger partial charge in [-0.3, -0.25) is 0 Å². The molecule has 1 aromatic rings. The Morgan fingerprint density at radius 2 is 2.23 bits per heavy atom. The van der Waals surface area contributed by atoms with E-state index in [1.54, 1.807) is 6.07 Å². The Kier molecular flexibility index (Phi) is 3.49. The van der Waals surface area contributed by atoms with Crippen LogP contribution >= 0.6 is 0 Å². The number of aromatic nitrogens is 2. The zero-order valence-electron chi connectivity index (χ0n) is 8.17. The lowest BCUT2D eigenvalue weighted by Gasteiger charge is -2.05. The van der Waals surface area contributed by atoms with Gasteiger partial charge in [-0.15, -0.1) is 0 Å². The standard InChI is InChI=1S/C9H16N4/c1-3-4-5-11-9-6-8(10)12-7(2)13-9/h6H,3-5H2,1-2H3,(H3,10,11,12,13). The lowest BCUT2D eigenvalue weighted by Crippen LogP contribution is -2.05. The van der Waals surface area contributed by atoms with Gasteiger partial charge >= 0.3 is 0 Å². The number of nitrogens with two attached hydrogens (primary N) is 1. The van der Waals surface area contributed by atoms with Gasteiger partial charge in [0.1, 0.15) is 17.5 Å². The van der Waals surface area contributed by atoms with Gasteiger partial charge < -0.3 is 11.1 Å². The molecule has 0 atom stereocenters. The highest BCUT2D eigenvalue weighted by atomic mass is 15.0. The number of aryl methyl sites for hydroxylation is 1. The maximum Gasteiger partial charge on any atom is 0.131 e. The minimum absolute atomic E-state index is 0.520. The molecule has 0 fully saturated rings. The van der Waals surface area contributed by atoms with E-state index in [-0.39, 0.29) is 0 Å². The van der Waals surface area contributed by atoms with Crippen molar-refractivity contribution in [2.45, 2.75) is 26.7 Å². The number of nitrogen functional groups attached to an aromatic ring is 1. The molecular formula is C9H16N4. The van der Waals surface area contributed by atoms with Crippen LogP contribution in [0.1, 0.15) is 25.6 Å². The number of hydrogen-bond donors (Lipinski definition) is 2. The van der Waals surface area contributed by atoms with Gasteiger partial charge in [0.05, 0.1) is 0 Å². The molecule has 72 valence electrons. The smallest absolute Gasteiger partial charge is 0.131 e. The average molecular weight is 180 g/mol. The average Bonchev–Trinajstić information content (AvgIpc) is 2.03. The first kappa shape index (κ1) is 9.77. The highest BCUT2D eigenvalue weighted by Gasteiger charge is 1.97. The minimum atomic E-state index is 0.520. The maximum absolute atomic E-state index is 5.57. The number of nitrogens with zero attached hydrogens (tertiary/aromatic N) is 2. The molecular weight excluding hydrogens is 164 g/mol. The fraction of sp³-hybridized carbons (Fsp3) is 0.556. The molecule has 13 heavy (non-hydrogen) atoms. The van der Waals surface area contributed by atoms with Crippen molar-refractivity contribution in [3.63, 3.8) is 0 Å². The molecule has 0 bridgehead atoms. The van der Waals surface area contributed by atoms with Crippen LogP contribution in [0.4, 0.5) is 11.6 Å². The normalized spacial score (nSPS) is 10.0. The van der Waals surface area contributed by atoms with Crippen LogP contribution in [0.5, 0.6) is 0 Å². The van der Waals surface area contributed by atoms with Crippen LogP contribution in [-0.4, -0.2) is 16.5 Å². The van der Waals surface area contributed by atoms with Crippen LogP contribution < -0.4 is 11.1 Å². The highest BCUT2D eigenvalue weighted by Crippen LogP contribution is 2.07. The summed E-state index contributed by atoms with van der Waals surface area (Å²) >= 11 is 0. The number of rotatable bonds is 4. The highest BCUT2D eigenvalue weighted by molar-refractivity contribution is 5.44. The van der Waals surface area contributed by atoms with Crippen molar-refractivity contribution in [1.82, 2.24) is 9.97 Å². The molecule has 4 heteroatoms. The molecule has 0 amide bonds. The summed E-state index contributed by atoms with van der Waals surface area (Å²) in [6.45, 7) is 4.93. The molecule has 1 rings (SSSR count). The first-order valence-corrected chi connectivity index (χ1v) is 4.57. The topological polar surface area (TPSA) is 63.8 Å². The van der Waals surface area contributed by atoms with E-state index in [0.29, 0.717) is 11.6 Å². The third-order valence-corrected chi connectivity index (χ3v) is 1.69. The second-order valence-corrected chi connectivity index (χ2v) is 3.01. The molecule has 3 N–H and O–H groups in total. The van der Waals surface area contributed by atoms with E-state index >= 15 is 0 Å². The van der Waals surface area contributed by atoms with Crippen LogP contribution in [0.25, 0.3) is 0 Å². The Balaban J connectivity index is 2.56. The summed E-state index contributed by atoms with van der Waals surface area (Å²) in [5.41, 5.74) is 5.57. The molecule has 0 aromatic carbocycles. The summed E-state index contributed by atoms with van der Waals surface area (Å²) in [5.74, 6) is 2.05. The Bertz CT molecular complexity index is 252. The number of anilines is 2. The summed E-state index contributed by atoms with van der Waals surface area (Å²) in [6.07, 6.45) is 2.31. The summed E-state index contributed by atoms with van der Waals surface area (Å²) in [4.78, 5) is 8.19. The molecule has 0 aliphatic carbocycles. The van der Waals surface area contributed by atoms with Gasteiger partial charge in [0.15, 0.2) is 0 Å². The zero-order valence-corrected chi connectivity index (χ0v) is 8.17. The summed E-state index contributed by atoms with van der Waals surface area (Å²) < 4.78 is 0. The van der Waals surface area contributed by atoms with Gasteiger partial charge in [0.25, 0.3) is 0 Å². The van der Waals surface area contributed by atoms with Crippen LogP contribution in [0.2, 0.25) is 0 Å². The SMILES string of the molecule is CCCCNc1cc(N)nc(C)n1. The van der Waals surface area contributed by atoms with Gasteiger partial charge in [-0.25, -0.2) is 9.97 Å². The first-order chi connectivity index (χ1) is 6.22. The molecule has 1 aromatic heterocycles. The first-order valence-electron chi connectivity index (χ1n) is 4.57. The van der Waals surface area contributed by atoms with Crippen molar-refractivity contribution >= 4 is 11.6 Å². The van der Waals surface area contributed by atoms with Crippen molar-refractivity contribution in [2.75, 3.05) is 17.6 Å². The summed E-state index contributed by atoms with van der Waals surface area (Å²) in [5, 5.41) is 3.20. The Hall–Kier alpha value is -1.32. The molecule has 0 unspecified atom stereocenters. The Morgan fingerprint density at radius 1 is 1.46 bits per heavy atom. The van der Waals surface area contributed by atoms with Crippen molar-refractivity contribution in [3.8, 4) is 0 Å². The molecule has 0 radical (unpaired) electrons. The fourth-order valence-corrected chi connectivity index (χ4v) is 1.07. The van der Waals surface area contributed by atoms with Crippen LogP contribution in [-0.2, 0) is 0 Å². The van der Waals surface area contributed by atoms with Gasteiger partial charge in [0, 0.05) is 12.6 Å². The van der Waals surface area contributed by atoms with Gasteiger partial charge in [-0.1, -0.05) is 13.3 Å².